The van der Waals surface area contributed by atoms with Crippen molar-refractivity contribution in [3.63, 3.8) is 0 Å². The van der Waals surface area contributed by atoms with E-state index in [1.807, 2.05) is 4.72 Å². The molecule has 2 rings (SSSR count). The number of ether oxygens (including phenoxy) is 1. The SMILES string of the molecule is O=[N+]([O-])c1ccc(NS(=O)(=O)c2cccc(C(F)(F)F)c2)c(OCCl)c1. The summed E-state index contributed by atoms with van der Waals surface area (Å²) in [6.07, 6.45) is -4.72. The number of alkyl halides is 4. The molecule has 140 valence electrons. The van der Waals surface area contributed by atoms with Crippen molar-refractivity contribution in [2.45, 2.75) is 11.1 Å². The third-order valence-corrected chi connectivity index (χ3v) is 4.57. The lowest BCUT2D eigenvalue weighted by Gasteiger charge is -2.13. The van der Waals surface area contributed by atoms with Gasteiger partial charge in [0.1, 0.15) is 0 Å². The maximum absolute atomic E-state index is 12.8. The van der Waals surface area contributed by atoms with Crippen molar-refractivity contribution in [2.24, 2.45) is 0 Å². The van der Waals surface area contributed by atoms with E-state index in [4.69, 9.17) is 16.3 Å². The predicted molar refractivity (Wildman–Crippen MR) is 86.7 cm³/mol. The van der Waals surface area contributed by atoms with E-state index in [-0.39, 0.29) is 17.1 Å². The normalized spacial score (nSPS) is 11.8. The Hall–Kier alpha value is -2.53. The van der Waals surface area contributed by atoms with Crippen LogP contribution in [0.25, 0.3) is 0 Å². The van der Waals surface area contributed by atoms with Gasteiger partial charge >= 0.3 is 6.18 Å². The molecule has 0 fully saturated rings. The smallest absolute Gasteiger partial charge is 0.416 e. The van der Waals surface area contributed by atoms with E-state index in [1.54, 1.807) is 0 Å². The first-order chi connectivity index (χ1) is 12.0. The van der Waals surface area contributed by atoms with Crippen LogP contribution in [-0.4, -0.2) is 19.4 Å². The van der Waals surface area contributed by atoms with Crippen LogP contribution in [0.5, 0.6) is 5.75 Å². The zero-order valence-electron chi connectivity index (χ0n) is 12.7. The van der Waals surface area contributed by atoms with Crippen molar-refractivity contribution in [3.8, 4) is 5.75 Å². The molecule has 0 bridgehead atoms. The van der Waals surface area contributed by atoms with Crippen molar-refractivity contribution in [1.29, 1.82) is 0 Å². The number of rotatable bonds is 6. The summed E-state index contributed by atoms with van der Waals surface area (Å²) in [6.45, 7) is 0. The number of halogens is 4. The van der Waals surface area contributed by atoms with Gasteiger partial charge in [-0.2, -0.15) is 13.2 Å². The van der Waals surface area contributed by atoms with Crippen LogP contribution in [0, 0.1) is 10.1 Å². The highest BCUT2D eigenvalue weighted by atomic mass is 35.5. The van der Waals surface area contributed by atoms with Gasteiger partial charge in [-0.1, -0.05) is 17.7 Å². The quantitative estimate of drug-likeness (QED) is 0.441. The summed E-state index contributed by atoms with van der Waals surface area (Å²) >= 11 is 5.40. The van der Waals surface area contributed by atoms with Gasteiger partial charge in [0.25, 0.3) is 15.7 Å². The highest BCUT2D eigenvalue weighted by Crippen LogP contribution is 2.33. The number of nitro benzene ring substituents is 1. The molecule has 0 amide bonds. The third-order valence-electron chi connectivity index (χ3n) is 3.10. The number of nitro groups is 1. The zero-order valence-corrected chi connectivity index (χ0v) is 14.2. The first kappa shape index (κ1) is 19.8. The van der Waals surface area contributed by atoms with Gasteiger partial charge in [-0.05, 0) is 24.3 Å². The van der Waals surface area contributed by atoms with E-state index in [0.29, 0.717) is 6.07 Å². The van der Waals surface area contributed by atoms with Crippen molar-refractivity contribution >= 4 is 33.0 Å². The van der Waals surface area contributed by atoms with Crippen molar-refractivity contribution in [1.82, 2.24) is 0 Å². The monoisotopic (exact) mass is 410 g/mol. The number of benzene rings is 2. The molecule has 7 nitrogen and oxygen atoms in total. The van der Waals surface area contributed by atoms with Crippen LogP contribution < -0.4 is 9.46 Å². The Bertz CT molecular complexity index is 934. The summed E-state index contributed by atoms with van der Waals surface area (Å²) in [5.41, 5.74) is -1.73. The fourth-order valence-electron chi connectivity index (χ4n) is 1.93. The third kappa shape index (κ3) is 4.55. The second-order valence-corrected chi connectivity index (χ2v) is 6.72. The molecular weight excluding hydrogens is 401 g/mol. The molecule has 12 heteroatoms. The number of non-ortho nitro benzene ring substituents is 1. The maximum Gasteiger partial charge on any atom is 0.416 e. The van der Waals surface area contributed by atoms with E-state index < -0.39 is 37.6 Å². The molecule has 1 N–H and O–H groups in total. The lowest BCUT2D eigenvalue weighted by molar-refractivity contribution is -0.384. The minimum absolute atomic E-state index is 0.214. The summed E-state index contributed by atoms with van der Waals surface area (Å²) in [5, 5.41) is 10.8. The number of nitrogens with one attached hydrogen (secondary N) is 1. The molecule has 0 spiro atoms. The fourth-order valence-corrected chi connectivity index (χ4v) is 3.16. The molecule has 0 aliphatic carbocycles. The van der Waals surface area contributed by atoms with E-state index in [9.17, 15) is 31.7 Å². The number of hydrogen-bond donors (Lipinski definition) is 1. The zero-order chi connectivity index (χ0) is 19.5. The Balaban J connectivity index is 2.42. The van der Waals surface area contributed by atoms with Crippen LogP contribution in [0.15, 0.2) is 47.4 Å². The molecule has 26 heavy (non-hydrogen) atoms. The first-order valence-electron chi connectivity index (χ1n) is 6.72. The lowest BCUT2D eigenvalue weighted by Crippen LogP contribution is -2.15. The average Bonchev–Trinajstić information content (AvgIpc) is 2.55. The summed E-state index contributed by atoms with van der Waals surface area (Å²) in [6, 6.07) is 5.68. The van der Waals surface area contributed by atoms with Crippen LogP contribution in [0.3, 0.4) is 0 Å². The molecule has 2 aromatic carbocycles. The Morgan fingerprint density at radius 3 is 2.46 bits per heavy atom. The van der Waals surface area contributed by atoms with Gasteiger partial charge in [-0.3, -0.25) is 14.8 Å². The highest BCUT2D eigenvalue weighted by Gasteiger charge is 2.31. The van der Waals surface area contributed by atoms with Crippen molar-refractivity contribution in [3.05, 3.63) is 58.1 Å². The molecule has 0 aliphatic heterocycles. The van der Waals surface area contributed by atoms with E-state index in [2.05, 4.69) is 0 Å². The Morgan fingerprint density at radius 2 is 1.88 bits per heavy atom. The molecule has 0 atom stereocenters. The van der Waals surface area contributed by atoms with Crippen LogP contribution >= 0.6 is 11.6 Å². The van der Waals surface area contributed by atoms with Gasteiger partial charge in [0.2, 0.25) is 0 Å². The van der Waals surface area contributed by atoms with Crippen LogP contribution in [0.1, 0.15) is 5.56 Å². The minimum atomic E-state index is -4.72. The highest BCUT2D eigenvalue weighted by molar-refractivity contribution is 7.92. The van der Waals surface area contributed by atoms with E-state index in [0.717, 1.165) is 36.4 Å². The fraction of sp³-hybridized carbons (Fsp3) is 0.143. The van der Waals surface area contributed by atoms with Crippen LogP contribution in [0.4, 0.5) is 24.5 Å². The number of nitrogens with zero attached hydrogens (tertiary/aromatic N) is 1. The van der Waals surface area contributed by atoms with Crippen LogP contribution in [-0.2, 0) is 16.2 Å². The lowest BCUT2D eigenvalue weighted by atomic mass is 10.2. The van der Waals surface area contributed by atoms with Gasteiger partial charge in [-0.15, -0.1) is 0 Å². The topological polar surface area (TPSA) is 98.5 Å². The summed E-state index contributed by atoms with van der Waals surface area (Å²) in [7, 11) is -4.41. The van der Waals surface area contributed by atoms with Crippen molar-refractivity contribution < 1.29 is 31.2 Å². The molecule has 0 saturated heterocycles. The molecular formula is C14H10ClF3N2O5S. The number of sulfonamides is 1. The van der Waals surface area contributed by atoms with Gasteiger partial charge in [0, 0.05) is 6.07 Å². The number of hydrogen-bond acceptors (Lipinski definition) is 5. The van der Waals surface area contributed by atoms with E-state index in [1.165, 1.54) is 0 Å². The molecule has 0 unspecified atom stereocenters. The Kier molecular flexibility index (Phi) is 5.62. The second-order valence-electron chi connectivity index (χ2n) is 4.82. The van der Waals surface area contributed by atoms with Gasteiger partial charge < -0.3 is 4.74 Å². The largest absolute Gasteiger partial charge is 0.475 e. The van der Waals surface area contributed by atoms with Gasteiger partial charge in [0.05, 0.1) is 27.1 Å². The molecule has 0 saturated carbocycles. The predicted octanol–water partition coefficient (Wildman–Crippen LogP) is 3.99. The first-order valence-corrected chi connectivity index (χ1v) is 8.73. The van der Waals surface area contributed by atoms with Crippen LogP contribution in [0.2, 0.25) is 0 Å². The second kappa shape index (κ2) is 7.38. The van der Waals surface area contributed by atoms with Crippen molar-refractivity contribution in [2.75, 3.05) is 10.8 Å². The standard InChI is InChI=1S/C14H10ClF3N2O5S/c15-8-25-13-7-10(20(21)22)4-5-12(13)19-26(23,24)11-3-1-2-9(6-11)14(16,17)18/h1-7,19H,8H2. The summed E-state index contributed by atoms with van der Waals surface area (Å²) in [5.74, 6) is -0.246. The summed E-state index contributed by atoms with van der Waals surface area (Å²) < 4.78 is 69.9. The molecule has 2 aromatic rings. The molecule has 0 heterocycles. The number of anilines is 1. The Morgan fingerprint density at radius 1 is 1.19 bits per heavy atom. The molecule has 0 aromatic heterocycles. The average molecular weight is 411 g/mol. The molecule has 0 radical (unpaired) electrons. The maximum atomic E-state index is 12.8. The van der Waals surface area contributed by atoms with E-state index >= 15 is 0 Å². The molecule has 0 aliphatic rings. The Labute approximate surface area is 150 Å². The van der Waals surface area contributed by atoms with Gasteiger partial charge in [-0.25, -0.2) is 8.42 Å². The summed E-state index contributed by atoms with van der Waals surface area (Å²) in [4.78, 5) is 9.41. The minimum Gasteiger partial charge on any atom is -0.475 e. The van der Waals surface area contributed by atoms with Gasteiger partial charge in [0.15, 0.2) is 11.8 Å².